The number of carbonyl (C=O) groups is 1. The summed E-state index contributed by atoms with van der Waals surface area (Å²) in [7, 11) is 1.64. The minimum absolute atomic E-state index is 0.0452. The van der Waals surface area contributed by atoms with E-state index in [0.717, 1.165) is 17.7 Å². The van der Waals surface area contributed by atoms with Crippen LogP contribution >= 0.6 is 11.8 Å². The van der Waals surface area contributed by atoms with Gasteiger partial charge in [-0.2, -0.15) is 0 Å². The van der Waals surface area contributed by atoms with Crippen LogP contribution in [-0.2, 0) is 17.8 Å². The molecule has 1 amide bonds. The maximum absolute atomic E-state index is 12.5. The Balaban J connectivity index is 1.57. The number of carbonyl (C=O) groups excluding carboxylic acids is 1. The first kappa shape index (κ1) is 20.7. The van der Waals surface area contributed by atoms with Crippen LogP contribution in [0.15, 0.2) is 64.9 Å². The minimum atomic E-state index is -0.317. The fourth-order valence-electron chi connectivity index (χ4n) is 2.74. The number of benzene rings is 1. The fraction of sp³-hybridized carbons (Fsp3) is 0.286. The number of methoxy groups -OCH3 is 1. The van der Waals surface area contributed by atoms with Crippen LogP contribution in [0, 0.1) is 0 Å². The van der Waals surface area contributed by atoms with Gasteiger partial charge in [-0.15, -0.1) is 16.8 Å². The second kappa shape index (κ2) is 9.97. The van der Waals surface area contributed by atoms with E-state index < -0.39 is 0 Å². The van der Waals surface area contributed by atoms with E-state index in [1.807, 2.05) is 41.8 Å². The van der Waals surface area contributed by atoms with Crippen molar-refractivity contribution in [3.63, 3.8) is 0 Å². The molecule has 0 bridgehead atoms. The van der Waals surface area contributed by atoms with E-state index in [1.165, 1.54) is 11.8 Å². The van der Waals surface area contributed by atoms with Gasteiger partial charge in [0.1, 0.15) is 5.75 Å². The molecule has 0 aliphatic heterocycles. The first-order valence-corrected chi connectivity index (χ1v) is 10.2. The third kappa shape index (κ3) is 5.29. The van der Waals surface area contributed by atoms with Crippen molar-refractivity contribution in [1.82, 2.24) is 20.1 Å². The van der Waals surface area contributed by atoms with E-state index in [9.17, 15) is 4.79 Å². The minimum Gasteiger partial charge on any atom is -0.497 e. The molecule has 0 aliphatic carbocycles. The van der Waals surface area contributed by atoms with Gasteiger partial charge in [0.15, 0.2) is 10.9 Å². The summed E-state index contributed by atoms with van der Waals surface area (Å²) in [6.45, 7) is 6.73. The number of nitrogens with zero attached hydrogens (tertiary/aromatic N) is 3. The van der Waals surface area contributed by atoms with E-state index in [2.05, 4.69) is 22.1 Å². The molecule has 8 heteroatoms. The van der Waals surface area contributed by atoms with Crippen molar-refractivity contribution < 1.29 is 13.9 Å². The van der Waals surface area contributed by atoms with Crippen LogP contribution in [0.1, 0.15) is 12.5 Å². The van der Waals surface area contributed by atoms with Crippen LogP contribution in [0.25, 0.3) is 11.6 Å². The summed E-state index contributed by atoms with van der Waals surface area (Å²) in [5, 5.41) is 11.8. The van der Waals surface area contributed by atoms with Gasteiger partial charge in [-0.05, 0) is 43.2 Å². The number of aromatic nitrogens is 3. The van der Waals surface area contributed by atoms with Crippen LogP contribution in [0.2, 0.25) is 0 Å². The van der Waals surface area contributed by atoms with Gasteiger partial charge in [0.25, 0.3) is 0 Å². The Morgan fingerprint density at radius 3 is 2.79 bits per heavy atom. The maximum atomic E-state index is 12.5. The molecule has 0 saturated heterocycles. The zero-order chi connectivity index (χ0) is 20.6. The Hall–Kier alpha value is -3.00. The number of hydrogen-bond donors (Lipinski definition) is 1. The molecule has 3 rings (SSSR count). The lowest BCUT2D eigenvalue weighted by molar-refractivity contribution is -0.120. The van der Waals surface area contributed by atoms with Crippen molar-refractivity contribution in [3.8, 4) is 17.3 Å². The molecule has 3 aromatic rings. The zero-order valence-electron chi connectivity index (χ0n) is 16.5. The van der Waals surface area contributed by atoms with Crippen LogP contribution in [0.4, 0.5) is 0 Å². The molecule has 29 heavy (non-hydrogen) atoms. The van der Waals surface area contributed by atoms with Crippen LogP contribution < -0.4 is 10.1 Å². The van der Waals surface area contributed by atoms with Gasteiger partial charge in [0, 0.05) is 13.1 Å². The summed E-state index contributed by atoms with van der Waals surface area (Å²) in [5.41, 5.74) is 1.14. The Morgan fingerprint density at radius 1 is 1.34 bits per heavy atom. The summed E-state index contributed by atoms with van der Waals surface area (Å²) in [4.78, 5) is 12.5. The average molecular weight is 413 g/mol. The maximum Gasteiger partial charge on any atom is 0.233 e. The summed E-state index contributed by atoms with van der Waals surface area (Å²) >= 11 is 1.36. The first-order valence-electron chi connectivity index (χ1n) is 9.27. The van der Waals surface area contributed by atoms with Crippen molar-refractivity contribution in [2.24, 2.45) is 0 Å². The average Bonchev–Trinajstić information content (AvgIpc) is 3.39. The van der Waals surface area contributed by atoms with Crippen molar-refractivity contribution >= 4 is 17.7 Å². The summed E-state index contributed by atoms with van der Waals surface area (Å²) < 4.78 is 12.5. The smallest absolute Gasteiger partial charge is 0.233 e. The topological polar surface area (TPSA) is 82.2 Å². The SMILES string of the molecule is C=CCn1c(SC(C)C(=O)NCCc2ccc(OC)cc2)nnc1-c1ccco1. The van der Waals surface area contributed by atoms with Crippen LogP contribution in [0.3, 0.4) is 0 Å². The third-order valence-corrected chi connectivity index (χ3v) is 5.37. The lowest BCUT2D eigenvalue weighted by atomic mass is 10.1. The van der Waals surface area contributed by atoms with Crippen molar-refractivity contribution in [2.45, 2.75) is 30.3 Å². The number of hydrogen-bond acceptors (Lipinski definition) is 6. The largest absolute Gasteiger partial charge is 0.497 e. The van der Waals surface area contributed by atoms with Crippen molar-refractivity contribution in [1.29, 1.82) is 0 Å². The van der Waals surface area contributed by atoms with Gasteiger partial charge in [-0.3, -0.25) is 9.36 Å². The summed E-state index contributed by atoms with van der Waals surface area (Å²) in [6.07, 6.45) is 4.11. The van der Waals surface area contributed by atoms with Gasteiger partial charge < -0.3 is 14.5 Å². The Kier molecular flexibility index (Phi) is 7.13. The highest BCUT2D eigenvalue weighted by molar-refractivity contribution is 8.00. The molecule has 0 aliphatic rings. The normalized spacial score (nSPS) is 11.8. The molecule has 7 nitrogen and oxygen atoms in total. The highest BCUT2D eigenvalue weighted by Crippen LogP contribution is 2.27. The van der Waals surface area contributed by atoms with E-state index in [-0.39, 0.29) is 11.2 Å². The standard InChI is InChI=1S/C21H24N4O3S/c1-4-13-25-19(18-6-5-14-28-18)23-24-21(25)29-15(2)20(26)22-12-11-16-7-9-17(27-3)10-8-16/h4-10,14-15H,1,11-13H2,2-3H3,(H,22,26). The predicted octanol–water partition coefficient (Wildman–Crippen LogP) is 3.57. The Labute approximate surface area is 174 Å². The Morgan fingerprint density at radius 2 is 2.14 bits per heavy atom. The van der Waals surface area contributed by atoms with Crippen LogP contribution in [-0.4, -0.2) is 39.6 Å². The number of allylic oxidation sites excluding steroid dienone is 1. The summed E-state index contributed by atoms with van der Waals surface area (Å²) in [5.74, 6) is 2.02. The third-order valence-electron chi connectivity index (χ3n) is 4.29. The van der Waals surface area contributed by atoms with Crippen molar-refractivity contribution in [2.75, 3.05) is 13.7 Å². The van der Waals surface area contributed by atoms with Crippen molar-refractivity contribution in [3.05, 3.63) is 60.9 Å². The highest BCUT2D eigenvalue weighted by Gasteiger charge is 2.21. The van der Waals surface area contributed by atoms with Gasteiger partial charge >= 0.3 is 0 Å². The number of rotatable bonds is 10. The molecule has 1 N–H and O–H groups in total. The van der Waals surface area contributed by atoms with Gasteiger partial charge in [0.05, 0.1) is 18.6 Å². The van der Waals surface area contributed by atoms with Gasteiger partial charge in [0.2, 0.25) is 11.7 Å². The van der Waals surface area contributed by atoms with E-state index in [1.54, 1.807) is 25.5 Å². The van der Waals surface area contributed by atoms with E-state index in [4.69, 9.17) is 9.15 Å². The van der Waals surface area contributed by atoms with Gasteiger partial charge in [-0.1, -0.05) is 30.0 Å². The second-order valence-corrected chi connectivity index (χ2v) is 7.64. The monoisotopic (exact) mass is 412 g/mol. The molecular formula is C21H24N4O3S. The molecule has 0 radical (unpaired) electrons. The molecule has 0 fully saturated rings. The molecule has 0 spiro atoms. The molecule has 0 saturated carbocycles. The first-order chi connectivity index (χ1) is 14.1. The fourth-order valence-corrected chi connectivity index (χ4v) is 3.62. The molecule has 1 atom stereocenters. The molecule has 1 unspecified atom stereocenters. The number of amides is 1. The van der Waals surface area contributed by atoms with Crippen LogP contribution in [0.5, 0.6) is 5.75 Å². The number of thioether (sulfide) groups is 1. The molecule has 152 valence electrons. The lowest BCUT2D eigenvalue weighted by Crippen LogP contribution is -2.32. The highest BCUT2D eigenvalue weighted by atomic mass is 32.2. The zero-order valence-corrected chi connectivity index (χ0v) is 17.3. The summed E-state index contributed by atoms with van der Waals surface area (Å²) in [6, 6.07) is 11.5. The predicted molar refractivity (Wildman–Crippen MR) is 113 cm³/mol. The van der Waals surface area contributed by atoms with E-state index in [0.29, 0.717) is 29.8 Å². The quantitative estimate of drug-likeness (QED) is 0.405. The number of ether oxygens (including phenoxy) is 1. The molecule has 2 aromatic heterocycles. The number of furan rings is 1. The number of nitrogens with one attached hydrogen (secondary N) is 1. The van der Waals surface area contributed by atoms with E-state index >= 15 is 0 Å². The molecule has 2 heterocycles. The van der Waals surface area contributed by atoms with Gasteiger partial charge in [-0.25, -0.2) is 0 Å². The lowest BCUT2D eigenvalue weighted by Gasteiger charge is -2.12. The molecule has 1 aromatic carbocycles. The Bertz CT molecular complexity index is 936. The second-order valence-electron chi connectivity index (χ2n) is 6.33. The molecular weight excluding hydrogens is 388 g/mol.